The molecule has 0 spiro atoms. The molecule has 0 saturated heterocycles. The zero-order valence-electron chi connectivity index (χ0n) is 19.0. The zero-order chi connectivity index (χ0) is 23.1. The van der Waals surface area contributed by atoms with Crippen molar-refractivity contribution in [2.75, 3.05) is 5.75 Å². The van der Waals surface area contributed by atoms with Crippen LogP contribution in [0.2, 0.25) is 0 Å². The second-order valence-electron chi connectivity index (χ2n) is 8.90. The van der Waals surface area contributed by atoms with Crippen LogP contribution in [0.5, 0.6) is 0 Å². The topological polar surface area (TPSA) is 63.4 Å². The Morgan fingerprint density at radius 1 is 0.971 bits per heavy atom. The van der Waals surface area contributed by atoms with Crippen molar-refractivity contribution in [3.05, 3.63) is 89.7 Å². The van der Waals surface area contributed by atoms with E-state index in [0.717, 1.165) is 40.7 Å². The van der Waals surface area contributed by atoms with Crippen molar-refractivity contribution in [2.24, 2.45) is 5.10 Å². The number of aryl methyl sites for hydroxylation is 1. The molecule has 1 aliphatic heterocycles. The summed E-state index contributed by atoms with van der Waals surface area (Å²) in [6, 6.07) is 25.3. The number of hydrogen-bond acceptors (Lipinski definition) is 5. The monoisotopic (exact) mass is 467 g/mol. The number of hydrazone groups is 1. The lowest BCUT2D eigenvalue weighted by atomic mass is 9.97. The molecule has 6 rings (SSSR count). The van der Waals surface area contributed by atoms with E-state index in [2.05, 4.69) is 57.2 Å². The number of fused-ring (bicyclic) bond motifs is 1. The number of aromatic nitrogens is 3. The van der Waals surface area contributed by atoms with Gasteiger partial charge >= 0.3 is 0 Å². The summed E-state index contributed by atoms with van der Waals surface area (Å²) in [5, 5.41) is 18.3. The number of benzene rings is 3. The molecular weight excluding hydrogens is 442 g/mol. The number of thioether (sulfide) groups is 1. The lowest BCUT2D eigenvalue weighted by Gasteiger charge is -2.22. The van der Waals surface area contributed by atoms with Gasteiger partial charge < -0.3 is 4.57 Å². The van der Waals surface area contributed by atoms with E-state index in [-0.39, 0.29) is 17.7 Å². The molecule has 1 aromatic heterocycles. The van der Waals surface area contributed by atoms with E-state index in [0.29, 0.717) is 12.5 Å². The van der Waals surface area contributed by atoms with Gasteiger partial charge in [-0.3, -0.25) is 4.79 Å². The second kappa shape index (κ2) is 8.72. The second-order valence-corrected chi connectivity index (χ2v) is 9.84. The van der Waals surface area contributed by atoms with Crippen molar-refractivity contribution in [1.29, 1.82) is 0 Å². The predicted molar refractivity (Wildman–Crippen MR) is 135 cm³/mol. The molecule has 1 amide bonds. The summed E-state index contributed by atoms with van der Waals surface area (Å²) in [6.45, 7) is 1.98. The van der Waals surface area contributed by atoms with Gasteiger partial charge in [-0.05, 0) is 47.7 Å². The van der Waals surface area contributed by atoms with Gasteiger partial charge in [0.2, 0.25) is 0 Å². The molecule has 1 fully saturated rings. The van der Waals surface area contributed by atoms with Gasteiger partial charge in [0.15, 0.2) is 5.16 Å². The highest BCUT2D eigenvalue weighted by Gasteiger charge is 2.34. The molecule has 0 bridgehead atoms. The van der Waals surface area contributed by atoms with Gasteiger partial charge in [0.25, 0.3) is 5.91 Å². The van der Waals surface area contributed by atoms with Crippen LogP contribution in [0.1, 0.15) is 48.3 Å². The highest BCUT2D eigenvalue weighted by Crippen LogP contribution is 2.39. The van der Waals surface area contributed by atoms with Crippen LogP contribution >= 0.6 is 11.8 Å². The zero-order valence-corrected chi connectivity index (χ0v) is 19.8. The molecule has 3 aromatic carbocycles. The molecule has 0 radical (unpaired) electrons. The first kappa shape index (κ1) is 21.1. The van der Waals surface area contributed by atoms with Gasteiger partial charge in [0, 0.05) is 12.5 Å². The van der Waals surface area contributed by atoms with Gasteiger partial charge in [-0.15, -0.1) is 10.2 Å². The number of hydrogen-bond donors (Lipinski definition) is 0. The minimum atomic E-state index is -0.112. The Labute approximate surface area is 202 Å². The van der Waals surface area contributed by atoms with Crippen LogP contribution in [0.4, 0.5) is 0 Å². The average molecular weight is 468 g/mol. The summed E-state index contributed by atoms with van der Waals surface area (Å²) in [5.41, 5.74) is 3.10. The maximum Gasteiger partial charge on any atom is 0.253 e. The van der Waals surface area contributed by atoms with Crippen LogP contribution in [0.3, 0.4) is 0 Å². The fourth-order valence-corrected chi connectivity index (χ4v) is 5.52. The van der Waals surface area contributed by atoms with E-state index in [1.54, 1.807) is 5.01 Å². The van der Waals surface area contributed by atoms with E-state index in [1.165, 1.54) is 22.5 Å². The summed E-state index contributed by atoms with van der Waals surface area (Å²) in [4.78, 5) is 13.4. The third-order valence-corrected chi connectivity index (χ3v) is 7.43. The minimum Gasteiger partial charge on any atom is -0.303 e. The van der Waals surface area contributed by atoms with E-state index in [4.69, 9.17) is 5.10 Å². The van der Waals surface area contributed by atoms with Crippen LogP contribution in [-0.4, -0.2) is 37.1 Å². The van der Waals surface area contributed by atoms with Crippen LogP contribution in [0.25, 0.3) is 10.8 Å². The molecule has 1 atom stereocenters. The Morgan fingerprint density at radius 2 is 1.74 bits per heavy atom. The van der Waals surface area contributed by atoms with E-state index in [9.17, 15) is 4.79 Å². The van der Waals surface area contributed by atoms with Crippen molar-refractivity contribution in [3.8, 4) is 0 Å². The predicted octanol–water partition coefficient (Wildman–Crippen LogP) is 5.54. The van der Waals surface area contributed by atoms with Gasteiger partial charge in [0.05, 0.1) is 17.5 Å². The first-order valence-corrected chi connectivity index (χ1v) is 12.6. The fraction of sp³-hybridized carbons (Fsp3) is 0.259. The van der Waals surface area contributed by atoms with E-state index >= 15 is 0 Å². The molecular formula is C27H25N5OS. The molecule has 2 heterocycles. The van der Waals surface area contributed by atoms with Crippen molar-refractivity contribution in [3.63, 3.8) is 0 Å². The SMILES string of the molecule is Cc1nnc(SCC(=O)N2N=C(c3ccc4ccccc4c3)CC2c2ccccc2)n1C1CC1. The summed E-state index contributed by atoms with van der Waals surface area (Å²) >= 11 is 1.46. The van der Waals surface area contributed by atoms with Gasteiger partial charge in [-0.1, -0.05) is 78.5 Å². The standard InChI is InChI=1S/C27H25N5OS/c1-18-28-29-27(31(18)23-13-14-23)34-17-26(33)32-25(20-8-3-2-4-9-20)16-24(30-32)22-12-11-19-7-5-6-10-21(19)15-22/h2-12,15,23,25H,13-14,16-17H2,1H3. The normalized spacial score (nSPS) is 17.9. The van der Waals surface area contributed by atoms with E-state index < -0.39 is 0 Å². The van der Waals surface area contributed by atoms with Crippen molar-refractivity contribution in [2.45, 2.75) is 43.4 Å². The maximum absolute atomic E-state index is 13.4. The lowest BCUT2D eigenvalue weighted by Crippen LogP contribution is -2.28. The number of nitrogens with zero attached hydrogens (tertiary/aromatic N) is 5. The third kappa shape index (κ3) is 4.01. The average Bonchev–Trinajstić information content (AvgIpc) is 3.49. The third-order valence-electron chi connectivity index (χ3n) is 6.50. The Kier molecular flexibility index (Phi) is 5.41. The number of carbonyl (C=O) groups is 1. The van der Waals surface area contributed by atoms with Crippen LogP contribution < -0.4 is 0 Å². The van der Waals surface area contributed by atoms with Crippen LogP contribution in [-0.2, 0) is 4.79 Å². The van der Waals surface area contributed by atoms with Crippen molar-refractivity contribution >= 4 is 34.2 Å². The number of amides is 1. The Bertz CT molecular complexity index is 1390. The highest BCUT2D eigenvalue weighted by atomic mass is 32.2. The number of rotatable bonds is 6. The van der Waals surface area contributed by atoms with Gasteiger partial charge in [-0.25, -0.2) is 5.01 Å². The van der Waals surface area contributed by atoms with Gasteiger partial charge in [-0.2, -0.15) is 5.10 Å². The quantitative estimate of drug-likeness (QED) is 0.349. The largest absolute Gasteiger partial charge is 0.303 e. The Morgan fingerprint density at radius 3 is 2.53 bits per heavy atom. The first-order valence-electron chi connectivity index (χ1n) is 11.7. The molecule has 6 nitrogen and oxygen atoms in total. The molecule has 1 saturated carbocycles. The van der Waals surface area contributed by atoms with Crippen molar-refractivity contribution in [1.82, 2.24) is 19.8 Å². The minimum absolute atomic E-state index is 0.0161. The Balaban J connectivity index is 1.28. The fourth-order valence-electron chi connectivity index (χ4n) is 4.61. The first-order chi connectivity index (χ1) is 16.7. The highest BCUT2D eigenvalue weighted by molar-refractivity contribution is 7.99. The van der Waals surface area contributed by atoms with E-state index in [1.807, 2.05) is 37.3 Å². The van der Waals surface area contributed by atoms with Crippen LogP contribution in [0.15, 0.2) is 83.1 Å². The summed E-state index contributed by atoms with van der Waals surface area (Å²) in [5.74, 6) is 1.18. The molecule has 34 heavy (non-hydrogen) atoms. The Hall–Kier alpha value is -3.45. The van der Waals surface area contributed by atoms with Crippen LogP contribution in [0, 0.1) is 6.92 Å². The summed E-state index contributed by atoms with van der Waals surface area (Å²) < 4.78 is 2.17. The molecule has 4 aromatic rings. The number of carbonyl (C=O) groups excluding carboxylic acids is 1. The molecule has 1 aliphatic carbocycles. The summed E-state index contributed by atoms with van der Waals surface area (Å²) in [6.07, 6.45) is 3.00. The molecule has 2 aliphatic rings. The maximum atomic E-state index is 13.4. The van der Waals surface area contributed by atoms with Gasteiger partial charge in [0.1, 0.15) is 5.82 Å². The molecule has 7 heteroatoms. The van der Waals surface area contributed by atoms with Crippen molar-refractivity contribution < 1.29 is 4.79 Å². The molecule has 1 unspecified atom stereocenters. The smallest absolute Gasteiger partial charge is 0.253 e. The summed E-state index contributed by atoms with van der Waals surface area (Å²) in [7, 11) is 0. The molecule has 170 valence electrons. The molecule has 0 N–H and O–H groups in total. The lowest BCUT2D eigenvalue weighted by molar-refractivity contribution is -0.130.